The maximum atomic E-state index is 11.2. The highest BCUT2D eigenvalue weighted by atomic mass is 16.1. The third-order valence-electron chi connectivity index (χ3n) is 3.76. The number of likely N-dealkylation sites (tertiary alicyclic amines) is 1. The molecule has 0 atom stereocenters. The van der Waals surface area contributed by atoms with Crippen molar-refractivity contribution in [2.45, 2.75) is 12.8 Å². The van der Waals surface area contributed by atoms with Gasteiger partial charge in [0.1, 0.15) is 0 Å². The normalized spacial score (nSPS) is 17.3. The standard InChI is InChI=1S/C14H22N4O/c1-18-6-4-10(5-7-18)9-17-13-8-11(14(16)19)2-3-12(13)15/h2-3,8,10,17H,4-7,9,15H2,1H3,(H2,16,19). The predicted molar refractivity (Wildman–Crippen MR) is 78.1 cm³/mol. The van der Waals surface area contributed by atoms with Gasteiger partial charge in [0.05, 0.1) is 11.4 Å². The number of nitrogens with two attached hydrogens (primary N) is 2. The van der Waals surface area contributed by atoms with E-state index in [0.717, 1.165) is 25.3 Å². The fourth-order valence-corrected chi connectivity index (χ4v) is 2.38. The van der Waals surface area contributed by atoms with E-state index in [-0.39, 0.29) is 0 Å². The van der Waals surface area contributed by atoms with Crippen LogP contribution in [0.25, 0.3) is 0 Å². The predicted octanol–water partition coefficient (Wildman–Crippen LogP) is 1.12. The van der Waals surface area contributed by atoms with Gasteiger partial charge in [-0.25, -0.2) is 0 Å². The van der Waals surface area contributed by atoms with E-state index in [2.05, 4.69) is 17.3 Å². The molecule has 1 saturated heterocycles. The van der Waals surface area contributed by atoms with Crippen molar-refractivity contribution in [3.63, 3.8) is 0 Å². The zero-order valence-corrected chi connectivity index (χ0v) is 11.4. The third kappa shape index (κ3) is 3.61. The number of rotatable bonds is 4. The van der Waals surface area contributed by atoms with E-state index in [1.54, 1.807) is 18.2 Å². The molecular weight excluding hydrogens is 240 g/mol. The lowest BCUT2D eigenvalue weighted by Gasteiger charge is -2.29. The highest BCUT2D eigenvalue weighted by Crippen LogP contribution is 2.22. The number of anilines is 2. The number of nitrogens with zero attached hydrogens (tertiary/aromatic N) is 1. The van der Waals surface area contributed by atoms with E-state index >= 15 is 0 Å². The second kappa shape index (κ2) is 5.93. The molecule has 1 aromatic carbocycles. The molecule has 1 amide bonds. The first-order chi connectivity index (χ1) is 9.06. The first-order valence-electron chi connectivity index (χ1n) is 6.68. The minimum atomic E-state index is -0.428. The molecule has 0 unspecified atom stereocenters. The maximum absolute atomic E-state index is 11.2. The second-order valence-electron chi connectivity index (χ2n) is 5.29. The Morgan fingerprint density at radius 3 is 2.74 bits per heavy atom. The first-order valence-corrected chi connectivity index (χ1v) is 6.68. The molecule has 1 aliphatic heterocycles. The summed E-state index contributed by atoms with van der Waals surface area (Å²) in [6.07, 6.45) is 2.39. The second-order valence-corrected chi connectivity index (χ2v) is 5.29. The quantitative estimate of drug-likeness (QED) is 0.710. The zero-order chi connectivity index (χ0) is 13.8. The lowest BCUT2D eigenvalue weighted by molar-refractivity contribution is 0.100. The van der Waals surface area contributed by atoms with Crippen LogP contribution in [0.4, 0.5) is 11.4 Å². The summed E-state index contributed by atoms with van der Waals surface area (Å²) in [6.45, 7) is 3.17. The van der Waals surface area contributed by atoms with Gasteiger partial charge >= 0.3 is 0 Å². The van der Waals surface area contributed by atoms with Gasteiger partial charge in [-0.3, -0.25) is 4.79 Å². The zero-order valence-electron chi connectivity index (χ0n) is 11.4. The van der Waals surface area contributed by atoms with E-state index in [0.29, 0.717) is 17.2 Å². The molecule has 1 aliphatic rings. The lowest BCUT2D eigenvalue weighted by Crippen LogP contribution is -2.33. The average molecular weight is 262 g/mol. The van der Waals surface area contributed by atoms with E-state index in [4.69, 9.17) is 11.5 Å². The molecule has 104 valence electrons. The van der Waals surface area contributed by atoms with Crippen LogP contribution in [0.3, 0.4) is 0 Å². The van der Waals surface area contributed by atoms with Crippen molar-refractivity contribution < 1.29 is 4.79 Å². The highest BCUT2D eigenvalue weighted by Gasteiger charge is 2.16. The number of amides is 1. The molecule has 0 bridgehead atoms. The molecule has 1 heterocycles. The van der Waals surface area contributed by atoms with Crippen LogP contribution >= 0.6 is 0 Å². The first kappa shape index (κ1) is 13.7. The Kier molecular flexibility index (Phi) is 4.27. The fraction of sp³-hybridized carbons (Fsp3) is 0.500. The van der Waals surface area contributed by atoms with E-state index in [9.17, 15) is 4.79 Å². The summed E-state index contributed by atoms with van der Waals surface area (Å²) in [5, 5.41) is 3.34. The Bertz CT molecular complexity index is 453. The molecule has 0 aromatic heterocycles. The third-order valence-corrected chi connectivity index (χ3v) is 3.76. The SMILES string of the molecule is CN1CCC(CNc2cc(C(N)=O)ccc2N)CC1. The van der Waals surface area contributed by atoms with Gasteiger partial charge in [0.15, 0.2) is 0 Å². The molecule has 5 heteroatoms. The van der Waals surface area contributed by atoms with Crippen LogP contribution in [-0.4, -0.2) is 37.5 Å². The van der Waals surface area contributed by atoms with Crippen LogP contribution in [0.1, 0.15) is 23.2 Å². The van der Waals surface area contributed by atoms with Crippen LogP contribution in [0.15, 0.2) is 18.2 Å². The summed E-state index contributed by atoms with van der Waals surface area (Å²) in [6, 6.07) is 5.10. The Morgan fingerprint density at radius 2 is 2.11 bits per heavy atom. The number of nitrogen functional groups attached to an aromatic ring is 1. The van der Waals surface area contributed by atoms with Crippen molar-refractivity contribution in [2.75, 3.05) is 37.7 Å². The molecule has 1 fully saturated rings. The number of hydrogen-bond acceptors (Lipinski definition) is 4. The molecule has 5 nitrogen and oxygen atoms in total. The molecule has 0 spiro atoms. The molecule has 0 aliphatic carbocycles. The molecule has 5 N–H and O–H groups in total. The van der Waals surface area contributed by atoms with Gasteiger partial charge < -0.3 is 21.7 Å². The molecule has 0 saturated carbocycles. The number of carbonyl (C=O) groups excluding carboxylic acids is 1. The summed E-state index contributed by atoms with van der Waals surface area (Å²) in [5.41, 5.74) is 13.1. The monoisotopic (exact) mass is 262 g/mol. The van der Waals surface area contributed by atoms with E-state index in [1.165, 1.54) is 12.8 Å². The number of primary amides is 1. The maximum Gasteiger partial charge on any atom is 0.248 e. The average Bonchev–Trinajstić information content (AvgIpc) is 2.39. The Morgan fingerprint density at radius 1 is 1.42 bits per heavy atom. The topological polar surface area (TPSA) is 84.4 Å². The summed E-state index contributed by atoms with van der Waals surface area (Å²) in [5.74, 6) is 0.232. The van der Waals surface area contributed by atoms with Gasteiger partial charge in [0.25, 0.3) is 0 Å². The molecule has 19 heavy (non-hydrogen) atoms. The van der Waals surface area contributed by atoms with Crippen molar-refractivity contribution in [2.24, 2.45) is 11.7 Å². The van der Waals surface area contributed by atoms with Gasteiger partial charge in [-0.2, -0.15) is 0 Å². The highest BCUT2D eigenvalue weighted by molar-refractivity contribution is 5.94. The summed E-state index contributed by atoms with van der Waals surface area (Å²) in [7, 11) is 2.15. The number of piperidine rings is 1. The largest absolute Gasteiger partial charge is 0.397 e. The number of hydrogen-bond donors (Lipinski definition) is 3. The molecule has 1 aromatic rings. The number of benzene rings is 1. The fourth-order valence-electron chi connectivity index (χ4n) is 2.38. The Hall–Kier alpha value is -1.75. The van der Waals surface area contributed by atoms with Crippen LogP contribution < -0.4 is 16.8 Å². The van der Waals surface area contributed by atoms with Gasteiger partial charge in [-0.15, -0.1) is 0 Å². The lowest BCUT2D eigenvalue weighted by atomic mass is 9.97. The van der Waals surface area contributed by atoms with Crippen molar-refractivity contribution >= 4 is 17.3 Å². The van der Waals surface area contributed by atoms with Gasteiger partial charge in [-0.1, -0.05) is 0 Å². The minimum absolute atomic E-state index is 0.428. The van der Waals surface area contributed by atoms with Crippen LogP contribution in [0, 0.1) is 5.92 Å². The van der Waals surface area contributed by atoms with E-state index in [1.807, 2.05) is 0 Å². The van der Waals surface area contributed by atoms with Gasteiger partial charge in [0, 0.05) is 12.1 Å². The van der Waals surface area contributed by atoms with E-state index < -0.39 is 5.91 Å². The minimum Gasteiger partial charge on any atom is -0.397 e. The molecule has 0 radical (unpaired) electrons. The summed E-state index contributed by atoms with van der Waals surface area (Å²) in [4.78, 5) is 13.5. The smallest absolute Gasteiger partial charge is 0.248 e. The van der Waals surface area contributed by atoms with Crippen molar-refractivity contribution in [3.8, 4) is 0 Å². The van der Waals surface area contributed by atoms with Crippen molar-refractivity contribution in [1.82, 2.24) is 4.90 Å². The summed E-state index contributed by atoms with van der Waals surface area (Å²) >= 11 is 0. The number of nitrogens with one attached hydrogen (secondary N) is 1. The van der Waals surface area contributed by atoms with Crippen molar-refractivity contribution in [3.05, 3.63) is 23.8 Å². The van der Waals surface area contributed by atoms with Crippen LogP contribution in [-0.2, 0) is 0 Å². The summed E-state index contributed by atoms with van der Waals surface area (Å²) < 4.78 is 0. The van der Waals surface area contributed by atoms with Gasteiger partial charge in [-0.05, 0) is 57.1 Å². The molecular formula is C14H22N4O. The molecule has 2 rings (SSSR count). The van der Waals surface area contributed by atoms with Crippen LogP contribution in [0.2, 0.25) is 0 Å². The van der Waals surface area contributed by atoms with Gasteiger partial charge in [0.2, 0.25) is 5.91 Å². The van der Waals surface area contributed by atoms with Crippen LogP contribution in [0.5, 0.6) is 0 Å². The van der Waals surface area contributed by atoms with Crippen molar-refractivity contribution in [1.29, 1.82) is 0 Å². The Labute approximate surface area is 113 Å². The number of carbonyl (C=O) groups is 1. The Balaban J connectivity index is 1.95.